The van der Waals surface area contributed by atoms with Crippen LogP contribution in [0.1, 0.15) is 47.0 Å². The third kappa shape index (κ3) is 2.25. The number of hydrogen-bond acceptors (Lipinski definition) is 2. The predicted molar refractivity (Wildman–Crippen MR) is 62.7 cm³/mol. The van der Waals surface area contributed by atoms with E-state index in [2.05, 4.69) is 6.92 Å². The van der Waals surface area contributed by atoms with Gasteiger partial charge in [0, 0.05) is 5.92 Å². The summed E-state index contributed by atoms with van der Waals surface area (Å²) in [6.45, 7) is 7.84. The lowest BCUT2D eigenvalue weighted by molar-refractivity contribution is 0.0339. The van der Waals surface area contributed by atoms with Gasteiger partial charge in [0.25, 0.3) is 0 Å². The molecule has 0 radical (unpaired) electrons. The zero-order valence-electron chi connectivity index (χ0n) is 10.2. The molecule has 0 aromatic heterocycles. The first-order chi connectivity index (χ1) is 6.92. The predicted octanol–water partition coefficient (Wildman–Crippen LogP) is 3.34. The Bertz CT molecular complexity index is 302. The molecule has 2 atom stereocenters. The highest BCUT2D eigenvalue weighted by Crippen LogP contribution is 2.38. The van der Waals surface area contributed by atoms with E-state index in [-0.39, 0.29) is 5.92 Å². The van der Waals surface area contributed by atoms with Gasteiger partial charge >= 0.3 is 0 Å². The lowest BCUT2D eigenvalue weighted by atomic mass is 9.75. The Labute approximate surface area is 92.3 Å². The van der Waals surface area contributed by atoms with Crippen molar-refractivity contribution in [3.63, 3.8) is 0 Å². The molecule has 0 saturated heterocycles. The zero-order valence-corrected chi connectivity index (χ0v) is 10.2. The van der Waals surface area contributed by atoms with Crippen LogP contribution < -0.4 is 0 Å². The second-order valence-electron chi connectivity index (χ2n) is 4.68. The van der Waals surface area contributed by atoms with Crippen molar-refractivity contribution in [3.05, 3.63) is 23.0 Å². The minimum absolute atomic E-state index is 0.00718. The van der Waals surface area contributed by atoms with E-state index in [0.717, 1.165) is 30.4 Å². The minimum Gasteiger partial charge on any atom is -0.508 e. The Morgan fingerprint density at radius 3 is 2.53 bits per heavy atom. The van der Waals surface area contributed by atoms with E-state index in [4.69, 9.17) is 0 Å². The maximum Gasteiger partial charge on any atom is 0.117 e. The molecule has 2 nitrogen and oxygen atoms in total. The highest BCUT2D eigenvalue weighted by molar-refractivity contribution is 5.37. The summed E-state index contributed by atoms with van der Waals surface area (Å²) in [6.07, 6.45) is 4.68. The smallest absolute Gasteiger partial charge is 0.117 e. The zero-order chi connectivity index (χ0) is 11.6. The van der Waals surface area contributed by atoms with Crippen LogP contribution in [0.5, 0.6) is 0 Å². The Morgan fingerprint density at radius 2 is 2.00 bits per heavy atom. The molecule has 2 unspecified atom stereocenters. The Hall–Kier alpha value is -0.760. The van der Waals surface area contributed by atoms with E-state index in [1.165, 1.54) is 0 Å². The van der Waals surface area contributed by atoms with Crippen LogP contribution >= 0.6 is 0 Å². The van der Waals surface area contributed by atoms with Gasteiger partial charge in [-0.05, 0) is 37.5 Å². The summed E-state index contributed by atoms with van der Waals surface area (Å²) in [5.74, 6) is 0.358. The summed E-state index contributed by atoms with van der Waals surface area (Å²) in [4.78, 5) is 0. The van der Waals surface area contributed by atoms with E-state index >= 15 is 0 Å². The topological polar surface area (TPSA) is 40.5 Å². The molecule has 86 valence electrons. The van der Waals surface area contributed by atoms with Gasteiger partial charge < -0.3 is 10.2 Å². The maximum atomic E-state index is 10.5. The quantitative estimate of drug-likeness (QED) is 0.750. The molecule has 1 aliphatic carbocycles. The van der Waals surface area contributed by atoms with Crippen LogP contribution in [0, 0.1) is 5.92 Å². The molecule has 15 heavy (non-hydrogen) atoms. The van der Waals surface area contributed by atoms with Crippen LogP contribution in [-0.4, -0.2) is 15.8 Å². The first kappa shape index (κ1) is 12.3. The van der Waals surface area contributed by atoms with Crippen molar-refractivity contribution in [2.45, 2.75) is 52.6 Å². The third-order valence-corrected chi connectivity index (χ3v) is 3.54. The van der Waals surface area contributed by atoms with Crippen LogP contribution in [0.15, 0.2) is 23.0 Å². The molecule has 1 rings (SSSR count). The molecule has 0 amide bonds. The average molecular weight is 210 g/mol. The number of rotatable bonds is 3. The van der Waals surface area contributed by atoms with Crippen molar-refractivity contribution < 1.29 is 10.2 Å². The molecule has 0 aromatic carbocycles. The molecule has 0 fully saturated rings. The second kappa shape index (κ2) is 4.40. The van der Waals surface area contributed by atoms with Crippen LogP contribution in [0.4, 0.5) is 0 Å². The summed E-state index contributed by atoms with van der Waals surface area (Å²) in [7, 11) is 0. The SMILES string of the molecule is CCCCC1(O)C=C(C)C(O)=C(C)C1C. The standard InChI is InChI=1S/C13H22O2/c1-5-6-7-13(15)8-9(2)12(14)10(3)11(13)4/h8,11,14-15H,5-7H2,1-4H3. The van der Waals surface area contributed by atoms with E-state index in [1.54, 1.807) is 0 Å². The molecule has 2 heteroatoms. The Kier molecular flexibility index (Phi) is 3.61. The number of unbranched alkanes of at least 4 members (excludes halogenated alkanes) is 1. The average Bonchev–Trinajstić information content (AvgIpc) is 2.21. The van der Waals surface area contributed by atoms with Crippen LogP contribution in [0.25, 0.3) is 0 Å². The van der Waals surface area contributed by atoms with Gasteiger partial charge in [-0.15, -0.1) is 0 Å². The van der Waals surface area contributed by atoms with Gasteiger partial charge in [0.2, 0.25) is 0 Å². The van der Waals surface area contributed by atoms with Gasteiger partial charge in [-0.1, -0.05) is 26.7 Å². The maximum absolute atomic E-state index is 10.5. The third-order valence-electron chi connectivity index (χ3n) is 3.54. The van der Waals surface area contributed by atoms with Gasteiger partial charge in [-0.2, -0.15) is 0 Å². The van der Waals surface area contributed by atoms with Gasteiger partial charge in [0.05, 0.1) is 5.60 Å². The molecule has 0 aromatic rings. The van der Waals surface area contributed by atoms with Crippen molar-refractivity contribution in [2.75, 3.05) is 0 Å². The monoisotopic (exact) mass is 210 g/mol. The number of aliphatic hydroxyl groups is 2. The van der Waals surface area contributed by atoms with Gasteiger partial charge in [0.1, 0.15) is 5.76 Å². The fourth-order valence-corrected chi connectivity index (χ4v) is 2.21. The first-order valence-corrected chi connectivity index (χ1v) is 5.74. The lowest BCUT2D eigenvalue weighted by Gasteiger charge is -2.36. The molecule has 1 aliphatic rings. The Morgan fingerprint density at radius 1 is 1.40 bits per heavy atom. The van der Waals surface area contributed by atoms with Crippen LogP contribution in [0.3, 0.4) is 0 Å². The second-order valence-corrected chi connectivity index (χ2v) is 4.68. The molecule has 0 bridgehead atoms. The van der Waals surface area contributed by atoms with E-state index in [0.29, 0.717) is 5.76 Å². The van der Waals surface area contributed by atoms with Gasteiger partial charge in [-0.25, -0.2) is 0 Å². The molecule has 0 saturated carbocycles. The van der Waals surface area contributed by atoms with Crippen molar-refractivity contribution in [1.82, 2.24) is 0 Å². The molecular formula is C13H22O2. The molecule has 0 spiro atoms. The number of allylic oxidation sites excluding steroid dienone is 1. The fraction of sp³-hybridized carbons (Fsp3) is 0.692. The molecule has 0 heterocycles. The van der Waals surface area contributed by atoms with Crippen molar-refractivity contribution in [2.24, 2.45) is 5.92 Å². The molecular weight excluding hydrogens is 188 g/mol. The number of hydrogen-bond donors (Lipinski definition) is 2. The highest BCUT2D eigenvalue weighted by atomic mass is 16.3. The van der Waals surface area contributed by atoms with Crippen molar-refractivity contribution in [3.8, 4) is 0 Å². The fourth-order valence-electron chi connectivity index (χ4n) is 2.21. The van der Waals surface area contributed by atoms with Gasteiger partial charge in [-0.3, -0.25) is 0 Å². The molecule has 2 N–H and O–H groups in total. The summed E-state index contributed by atoms with van der Waals surface area (Å²) >= 11 is 0. The van der Waals surface area contributed by atoms with Gasteiger partial charge in [0.15, 0.2) is 0 Å². The van der Waals surface area contributed by atoms with E-state index in [9.17, 15) is 10.2 Å². The Balaban J connectivity index is 2.95. The first-order valence-electron chi connectivity index (χ1n) is 5.74. The van der Waals surface area contributed by atoms with Crippen molar-refractivity contribution >= 4 is 0 Å². The summed E-state index contributed by atoms with van der Waals surface area (Å²) in [6, 6.07) is 0. The minimum atomic E-state index is -0.767. The highest BCUT2D eigenvalue weighted by Gasteiger charge is 2.36. The van der Waals surface area contributed by atoms with Crippen LogP contribution in [-0.2, 0) is 0 Å². The summed E-state index contributed by atoms with van der Waals surface area (Å²) in [5.41, 5.74) is 0.925. The molecule has 0 aliphatic heterocycles. The van der Waals surface area contributed by atoms with Crippen molar-refractivity contribution in [1.29, 1.82) is 0 Å². The lowest BCUT2D eigenvalue weighted by Crippen LogP contribution is -2.38. The summed E-state index contributed by atoms with van der Waals surface area (Å²) < 4.78 is 0. The summed E-state index contributed by atoms with van der Waals surface area (Å²) in [5, 5.41) is 20.3. The van der Waals surface area contributed by atoms with Crippen LogP contribution in [0.2, 0.25) is 0 Å². The normalized spacial score (nSPS) is 31.8. The number of aliphatic hydroxyl groups excluding tert-OH is 1. The van der Waals surface area contributed by atoms with E-state index < -0.39 is 5.60 Å². The van der Waals surface area contributed by atoms with E-state index in [1.807, 2.05) is 26.8 Å². The largest absolute Gasteiger partial charge is 0.508 e.